The summed E-state index contributed by atoms with van der Waals surface area (Å²) in [6.45, 7) is 2.75. The van der Waals surface area contributed by atoms with Crippen molar-refractivity contribution < 1.29 is 41.1 Å². The smallest absolute Gasteiger partial charge is 0.457 e. The van der Waals surface area contributed by atoms with Gasteiger partial charge in [-0.05, 0) is 62.4 Å². The number of halogens is 3. The first-order valence-corrected chi connectivity index (χ1v) is 9.79. The maximum Gasteiger partial charge on any atom is 0.573 e. The largest absolute Gasteiger partial charge is 0.573 e. The predicted octanol–water partition coefficient (Wildman–Crippen LogP) is 3.68. The molecule has 158 valence electrons. The average Bonchev–Trinajstić information content (AvgIpc) is 2.61. The van der Waals surface area contributed by atoms with Gasteiger partial charge in [0.05, 0.1) is 16.1 Å². The van der Waals surface area contributed by atoms with Crippen LogP contribution in [0.4, 0.5) is 13.2 Å². The molecule has 0 heterocycles. The Morgan fingerprint density at radius 2 is 1.41 bits per heavy atom. The summed E-state index contributed by atoms with van der Waals surface area (Å²) in [4.78, 5) is 11.5. The molecule has 0 saturated carbocycles. The van der Waals surface area contributed by atoms with Crippen LogP contribution in [0.25, 0.3) is 0 Å². The number of amides is 1. The molecule has 2 aromatic carbocycles. The molecule has 0 aliphatic carbocycles. The van der Waals surface area contributed by atoms with E-state index in [-0.39, 0.29) is 16.4 Å². The minimum Gasteiger partial charge on any atom is -0.457 e. The fourth-order valence-corrected chi connectivity index (χ4v) is 4.13. The van der Waals surface area contributed by atoms with Crippen molar-refractivity contribution >= 4 is 15.7 Å². The zero-order valence-corrected chi connectivity index (χ0v) is 16.2. The minimum atomic E-state index is -4.80. The quantitative estimate of drug-likeness (QED) is 0.510. The van der Waals surface area contributed by atoms with Gasteiger partial charge < -0.3 is 9.47 Å². The first-order chi connectivity index (χ1) is 13.3. The third-order valence-corrected chi connectivity index (χ3v) is 5.84. The second-order valence-corrected chi connectivity index (χ2v) is 8.67. The highest BCUT2D eigenvalue weighted by atomic mass is 32.2. The van der Waals surface area contributed by atoms with E-state index < -0.39 is 39.0 Å². The monoisotopic (exact) mass is 433 g/mol. The molecule has 0 fully saturated rings. The lowest BCUT2D eigenvalue weighted by Crippen LogP contribution is -2.40. The van der Waals surface area contributed by atoms with E-state index in [0.717, 1.165) is 12.1 Å². The van der Waals surface area contributed by atoms with Crippen molar-refractivity contribution in [3.05, 3.63) is 48.5 Å². The van der Waals surface area contributed by atoms with Gasteiger partial charge in [0.25, 0.3) is 0 Å². The van der Waals surface area contributed by atoms with Crippen LogP contribution < -0.4 is 15.0 Å². The molecule has 29 heavy (non-hydrogen) atoms. The highest BCUT2D eigenvalue weighted by molar-refractivity contribution is 7.91. The van der Waals surface area contributed by atoms with E-state index in [1.165, 1.54) is 55.7 Å². The van der Waals surface area contributed by atoms with E-state index in [0.29, 0.717) is 0 Å². The van der Waals surface area contributed by atoms with Gasteiger partial charge in [-0.15, -0.1) is 13.2 Å². The van der Waals surface area contributed by atoms with Crippen molar-refractivity contribution in [3.8, 4) is 17.2 Å². The van der Waals surface area contributed by atoms with Gasteiger partial charge in [-0.1, -0.05) is 0 Å². The van der Waals surface area contributed by atoms with Gasteiger partial charge >= 0.3 is 6.36 Å². The molecule has 11 heteroatoms. The van der Waals surface area contributed by atoms with Crippen LogP contribution in [-0.4, -0.2) is 31.6 Å². The van der Waals surface area contributed by atoms with Crippen molar-refractivity contribution in [1.82, 2.24) is 5.48 Å². The summed E-state index contributed by atoms with van der Waals surface area (Å²) in [5.74, 6) is -1.30. The first kappa shape index (κ1) is 22.5. The van der Waals surface area contributed by atoms with E-state index in [2.05, 4.69) is 4.74 Å². The topological polar surface area (TPSA) is 102 Å². The molecule has 7 nitrogen and oxygen atoms in total. The Hall–Kier alpha value is -2.79. The SMILES string of the molecule is CC(C)(CS(=O)(=O)c1ccc(Oc2ccc(OC(F)(F)F)cc2)cc1)C(=O)NO. The number of nitrogens with one attached hydrogen (secondary N) is 1. The molecule has 0 bridgehead atoms. The van der Waals surface area contributed by atoms with E-state index in [1.807, 2.05) is 0 Å². The molecule has 2 N–H and O–H groups in total. The van der Waals surface area contributed by atoms with Gasteiger partial charge in [-0.25, -0.2) is 13.9 Å². The van der Waals surface area contributed by atoms with E-state index >= 15 is 0 Å². The molecular weight excluding hydrogens is 415 g/mol. The van der Waals surface area contributed by atoms with Crippen molar-refractivity contribution in [1.29, 1.82) is 0 Å². The van der Waals surface area contributed by atoms with Gasteiger partial charge in [0.1, 0.15) is 17.2 Å². The molecule has 0 radical (unpaired) electrons. The summed E-state index contributed by atoms with van der Waals surface area (Å²) in [7, 11) is -3.84. The Labute approximate surface area is 164 Å². The Balaban J connectivity index is 2.09. The van der Waals surface area contributed by atoms with Crippen LogP contribution in [0.15, 0.2) is 53.4 Å². The van der Waals surface area contributed by atoms with Crippen LogP contribution in [0.3, 0.4) is 0 Å². The molecule has 0 unspecified atom stereocenters. The standard InChI is InChI=1S/C18H18F3NO6S/c1-17(2,16(23)22-24)11-29(25,26)15-9-7-13(8-10-15)27-12-3-5-14(6-4-12)28-18(19,20)21/h3-10,24H,11H2,1-2H3,(H,22,23). The Bertz CT molecular complexity index is 955. The van der Waals surface area contributed by atoms with E-state index in [4.69, 9.17) is 9.94 Å². The number of hydrogen-bond acceptors (Lipinski definition) is 6. The van der Waals surface area contributed by atoms with Gasteiger partial charge in [0.15, 0.2) is 9.84 Å². The second kappa shape index (κ2) is 8.29. The molecule has 0 spiro atoms. The highest BCUT2D eigenvalue weighted by Gasteiger charge is 2.34. The molecule has 1 amide bonds. The third-order valence-electron chi connectivity index (χ3n) is 3.74. The van der Waals surface area contributed by atoms with Crippen molar-refractivity contribution in [2.45, 2.75) is 25.1 Å². The summed E-state index contributed by atoms with van der Waals surface area (Å²) in [6, 6.07) is 9.98. The van der Waals surface area contributed by atoms with Crippen molar-refractivity contribution in [2.75, 3.05) is 5.75 Å². The number of carbonyl (C=O) groups is 1. The first-order valence-electron chi connectivity index (χ1n) is 8.13. The van der Waals surface area contributed by atoms with Gasteiger partial charge in [-0.3, -0.25) is 10.0 Å². The number of sulfone groups is 1. The van der Waals surface area contributed by atoms with Crippen LogP contribution in [0.2, 0.25) is 0 Å². The van der Waals surface area contributed by atoms with Crippen LogP contribution in [-0.2, 0) is 14.6 Å². The van der Waals surface area contributed by atoms with Crippen LogP contribution in [0.1, 0.15) is 13.8 Å². The molecule has 2 aromatic rings. The zero-order chi connectivity index (χ0) is 21.9. The lowest BCUT2D eigenvalue weighted by Gasteiger charge is -2.21. The second-order valence-electron chi connectivity index (χ2n) is 6.68. The molecular formula is C18H18F3NO6S. The van der Waals surface area contributed by atoms with Gasteiger partial charge in [0.2, 0.25) is 5.91 Å². The number of hydrogen-bond donors (Lipinski definition) is 2. The number of carbonyl (C=O) groups excluding carboxylic acids is 1. The Morgan fingerprint density at radius 1 is 0.966 bits per heavy atom. The summed E-state index contributed by atoms with van der Waals surface area (Å²) >= 11 is 0. The molecule has 0 saturated heterocycles. The van der Waals surface area contributed by atoms with Gasteiger partial charge in [-0.2, -0.15) is 0 Å². The van der Waals surface area contributed by atoms with Gasteiger partial charge in [0, 0.05) is 0 Å². The lowest BCUT2D eigenvalue weighted by atomic mass is 9.96. The van der Waals surface area contributed by atoms with Crippen LogP contribution in [0, 0.1) is 5.41 Å². The number of hydroxylamine groups is 1. The van der Waals surface area contributed by atoms with Crippen LogP contribution >= 0.6 is 0 Å². The number of ether oxygens (including phenoxy) is 2. The maximum atomic E-state index is 12.5. The van der Waals surface area contributed by atoms with Crippen LogP contribution in [0.5, 0.6) is 17.2 Å². The third kappa shape index (κ3) is 6.36. The number of benzene rings is 2. The normalized spacial score (nSPS) is 12.3. The highest BCUT2D eigenvalue weighted by Crippen LogP contribution is 2.29. The minimum absolute atomic E-state index is 0.0578. The summed E-state index contributed by atoms with van der Waals surface area (Å²) in [5.41, 5.74) is 0.0792. The zero-order valence-electron chi connectivity index (χ0n) is 15.4. The molecule has 0 atom stereocenters. The Kier molecular flexibility index (Phi) is 6.43. The summed E-state index contributed by atoms with van der Waals surface area (Å²) < 4.78 is 70.6. The van der Waals surface area contributed by atoms with Crippen molar-refractivity contribution in [3.63, 3.8) is 0 Å². The van der Waals surface area contributed by atoms with E-state index in [1.54, 1.807) is 0 Å². The molecule has 0 aliphatic heterocycles. The number of alkyl halides is 3. The Morgan fingerprint density at radius 3 is 1.86 bits per heavy atom. The van der Waals surface area contributed by atoms with Crippen molar-refractivity contribution in [2.24, 2.45) is 5.41 Å². The van der Waals surface area contributed by atoms with E-state index in [9.17, 15) is 26.4 Å². The molecule has 0 aliphatic rings. The maximum absolute atomic E-state index is 12.5. The predicted molar refractivity (Wildman–Crippen MR) is 95.4 cm³/mol. The summed E-state index contributed by atoms with van der Waals surface area (Å²) in [5, 5.41) is 8.71. The fourth-order valence-electron chi connectivity index (χ4n) is 2.34. The molecule has 0 aromatic heterocycles. The molecule has 2 rings (SSSR count). The average molecular weight is 433 g/mol. The lowest BCUT2D eigenvalue weighted by molar-refractivity contribution is -0.274. The fraction of sp³-hybridized carbons (Fsp3) is 0.278. The summed E-state index contributed by atoms with van der Waals surface area (Å²) in [6.07, 6.45) is -4.80. The number of rotatable bonds is 7.